The number of nitrogen functional groups attached to an aromatic ring is 1. The number of aryl methyl sites for hydroxylation is 1. The summed E-state index contributed by atoms with van der Waals surface area (Å²) in [6.45, 7) is 10.3. The van der Waals surface area contributed by atoms with Crippen molar-refractivity contribution in [2.45, 2.75) is 33.1 Å². The molecule has 0 bridgehead atoms. The quantitative estimate of drug-likeness (QED) is 0.233. The fourth-order valence-electron chi connectivity index (χ4n) is 5.04. The average molecular weight is 583 g/mol. The minimum absolute atomic E-state index is 0.0128. The van der Waals surface area contributed by atoms with Gasteiger partial charge in [-0.05, 0) is 59.9 Å². The van der Waals surface area contributed by atoms with Gasteiger partial charge in [0.2, 0.25) is 0 Å². The monoisotopic (exact) mass is 582 g/mol. The van der Waals surface area contributed by atoms with Crippen LogP contribution in [-0.2, 0) is 12.5 Å². The Morgan fingerprint density at radius 1 is 1.02 bits per heavy atom. The lowest BCUT2D eigenvalue weighted by Gasteiger charge is -2.29. The molecular formula is C33H38N6O2S. The van der Waals surface area contributed by atoms with Crippen molar-refractivity contribution in [3.05, 3.63) is 93.9 Å². The van der Waals surface area contributed by atoms with E-state index in [0.717, 1.165) is 41.4 Å². The molecule has 0 atom stereocenters. The zero-order valence-corrected chi connectivity index (χ0v) is 25.6. The van der Waals surface area contributed by atoms with Gasteiger partial charge in [0.1, 0.15) is 0 Å². The van der Waals surface area contributed by atoms with Crippen LogP contribution in [0.25, 0.3) is 11.3 Å². The van der Waals surface area contributed by atoms with E-state index >= 15 is 0 Å². The standard InChI is InChI=1S/C33H38N6O2S/c1-21-25(7-6-8-27(21)37-31(40)22-9-11-23(12-10-22)33(2,3)4)28-20-38(5)32(41)30(36-28)35-24-13-14-29(26(34)19-24)39-15-17-42-18-16-39/h6-14,19-20H,15-18,34H2,1-5H3,(H,35,36)(H,37,40). The highest BCUT2D eigenvalue weighted by molar-refractivity contribution is 7.99. The van der Waals surface area contributed by atoms with Gasteiger partial charge < -0.3 is 25.8 Å². The number of thioether (sulfide) groups is 1. The highest BCUT2D eigenvalue weighted by atomic mass is 32.2. The van der Waals surface area contributed by atoms with Gasteiger partial charge in [0, 0.05) is 60.3 Å². The Morgan fingerprint density at radius 3 is 2.40 bits per heavy atom. The Kier molecular flexibility index (Phi) is 8.31. The average Bonchev–Trinajstić information content (AvgIpc) is 2.96. The van der Waals surface area contributed by atoms with Crippen LogP contribution in [0.2, 0.25) is 0 Å². The zero-order chi connectivity index (χ0) is 30.0. The predicted molar refractivity (Wildman–Crippen MR) is 176 cm³/mol. The van der Waals surface area contributed by atoms with Crippen molar-refractivity contribution >= 4 is 46.2 Å². The maximum atomic E-state index is 13.1. The number of rotatable bonds is 6. The normalized spacial score (nSPS) is 13.6. The number of nitrogens with one attached hydrogen (secondary N) is 2. The summed E-state index contributed by atoms with van der Waals surface area (Å²) in [6, 6.07) is 19.1. The van der Waals surface area contributed by atoms with Crippen LogP contribution in [0.5, 0.6) is 0 Å². The predicted octanol–water partition coefficient (Wildman–Crippen LogP) is 6.18. The molecule has 218 valence electrons. The van der Waals surface area contributed by atoms with Crippen molar-refractivity contribution < 1.29 is 4.79 Å². The molecule has 0 radical (unpaired) electrons. The molecule has 1 amide bonds. The number of benzene rings is 3. The molecule has 2 heterocycles. The summed E-state index contributed by atoms with van der Waals surface area (Å²) in [5.74, 6) is 2.18. The van der Waals surface area contributed by atoms with Gasteiger partial charge in [-0.2, -0.15) is 11.8 Å². The number of aromatic nitrogens is 2. The molecule has 1 aromatic heterocycles. The number of nitrogens with zero attached hydrogens (tertiary/aromatic N) is 3. The number of hydrogen-bond donors (Lipinski definition) is 3. The van der Waals surface area contributed by atoms with Crippen molar-refractivity contribution in [2.24, 2.45) is 7.05 Å². The molecule has 9 heteroatoms. The number of carbonyl (C=O) groups excluding carboxylic acids is 1. The molecular weight excluding hydrogens is 544 g/mol. The fourth-order valence-corrected chi connectivity index (χ4v) is 5.95. The first-order chi connectivity index (χ1) is 20.0. The first kappa shape index (κ1) is 29.3. The number of nitrogens with two attached hydrogens (primary N) is 1. The molecule has 5 rings (SSSR count). The van der Waals surface area contributed by atoms with Gasteiger partial charge in [0.05, 0.1) is 17.1 Å². The third-order valence-corrected chi connectivity index (χ3v) is 8.53. The summed E-state index contributed by atoms with van der Waals surface area (Å²) in [6.07, 6.45) is 1.71. The van der Waals surface area contributed by atoms with E-state index in [1.807, 2.05) is 79.3 Å². The summed E-state index contributed by atoms with van der Waals surface area (Å²) in [5, 5.41) is 6.22. The van der Waals surface area contributed by atoms with Crippen molar-refractivity contribution in [1.82, 2.24) is 9.55 Å². The van der Waals surface area contributed by atoms with Gasteiger partial charge in [-0.3, -0.25) is 9.59 Å². The summed E-state index contributed by atoms with van der Waals surface area (Å²) >= 11 is 1.95. The molecule has 0 saturated carbocycles. The van der Waals surface area contributed by atoms with Crippen LogP contribution in [-0.4, -0.2) is 40.1 Å². The zero-order valence-electron chi connectivity index (χ0n) is 24.8. The molecule has 1 aliphatic heterocycles. The second-order valence-electron chi connectivity index (χ2n) is 11.6. The van der Waals surface area contributed by atoms with Gasteiger partial charge in [0.15, 0.2) is 5.82 Å². The number of carbonyl (C=O) groups is 1. The first-order valence-electron chi connectivity index (χ1n) is 14.1. The van der Waals surface area contributed by atoms with E-state index in [1.54, 1.807) is 13.2 Å². The van der Waals surface area contributed by atoms with Gasteiger partial charge in [-0.25, -0.2) is 4.98 Å². The number of amides is 1. The Morgan fingerprint density at radius 2 is 1.74 bits per heavy atom. The maximum absolute atomic E-state index is 13.1. The Hall–Kier alpha value is -4.24. The van der Waals surface area contributed by atoms with Crippen LogP contribution in [0.3, 0.4) is 0 Å². The Labute approximate surface area is 251 Å². The lowest BCUT2D eigenvalue weighted by Crippen LogP contribution is -2.32. The fraction of sp³-hybridized carbons (Fsp3) is 0.303. The molecule has 1 aliphatic rings. The van der Waals surface area contributed by atoms with Crippen LogP contribution in [0.15, 0.2) is 71.7 Å². The molecule has 3 aromatic carbocycles. The van der Waals surface area contributed by atoms with Crippen molar-refractivity contribution in [2.75, 3.05) is 45.9 Å². The topological polar surface area (TPSA) is 105 Å². The number of hydrogen-bond acceptors (Lipinski definition) is 7. The molecule has 0 aliphatic carbocycles. The van der Waals surface area contributed by atoms with Gasteiger partial charge >= 0.3 is 0 Å². The molecule has 4 N–H and O–H groups in total. The minimum Gasteiger partial charge on any atom is -0.397 e. The maximum Gasteiger partial charge on any atom is 0.293 e. The van der Waals surface area contributed by atoms with Crippen LogP contribution < -0.4 is 26.8 Å². The lowest BCUT2D eigenvalue weighted by atomic mass is 9.86. The van der Waals surface area contributed by atoms with Crippen LogP contribution in [0.1, 0.15) is 42.3 Å². The summed E-state index contributed by atoms with van der Waals surface area (Å²) in [4.78, 5) is 33.1. The molecule has 1 fully saturated rings. The van der Waals surface area contributed by atoms with Crippen LogP contribution in [0.4, 0.5) is 28.6 Å². The van der Waals surface area contributed by atoms with E-state index in [2.05, 4.69) is 36.3 Å². The third kappa shape index (κ3) is 6.31. The van der Waals surface area contributed by atoms with Crippen molar-refractivity contribution in [3.8, 4) is 11.3 Å². The van der Waals surface area contributed by atoms with E-state index in [9.17, 15) is 9.59 Å². The highest BCUT2D eigenvalue weighted by Crippen LogP contribution is 2.31. The third-order valence-electron chi connectivity index (χ3n) is 7.58. The second-order valence-corrected chi connectivity index (χ2v) is 12.9. The summed E-state index contributed by atoms with van der Waals surface area (Å²) in [5.41, 5.74) is 13.2. The second kappa shape index (κ2) is 11.9. The lowest BCUT2D eigenvalue weighted by molar-refractivity contribution is 0.102. The molecule has 0 unspecified atom stereocenters. The van der Waals surface area contributed by atoms with Crippen molar-refractivity contribution in [1.29, 1.82) is 0 Å². The Bertz CT molecular complexity index is 1670. The van der Waals surface area contributed by atoms with E-state index in [-0.39, 0.29) is 22.7 Å². The molecule has 0 spiro atoms. The molecule has 4 aromatic rings. The van der Waals surface area contributed by atoms with Crippen LogP contribution >= 0.6 is 11.8 Å². The SMILES string of the molecule is Cc1c(NC(=O)c2ccc(C(C)(C)C)cc2)cccc1-c1cn(C)c(=O)c(Nc2ccc(N3CCSCC3)c(N)c2)n1. The Balaban J connectivity index is 1.39. The van der Waals surface area contributed by atoms with Gasteiger partial charge in [0.25, 0.3) is 11.5 Å². The number of anilines is 5. The van der Waals surface area contributed by atoms with Gasteiger partial charge in [-0.1, -0.05) is 45.0 Å². The summed E-state index contributed by atoms with van der Waals surface area (Å²) < 4.78 is 1.51. The smallest absolute Gasteiger partial charge is 0.293 e. The van der Waals surface area contributed by atoms with E-state index in [0.29, 0.717) is 28.3 Å². The van der Waals surface area contributed by atoms with E-state index in [1.165, 1.54) is 10.1 Å². The molecule has 1 saturated heterocycles. The highest BCUT2D eigenvalue weighted by Gasteiger charge is 2.18. The van der Waals surface area contributed by atoms with E-state index in [4.69, 9.17) is 10.7 Å². The van der Waals surface area contributed by atoms with Gasteiger partial charge in [-0.15, -0.1) is 0 Å². The van der Waals surface area contributed by atoms with Crippen molar-refractivity contribution in [3.63, 3.8) is 0 Å². The summed E-state index contributed by atoms with van der Waals surface area (Å²) in [7, 11) is 1.70. The largest absolute Gasteiger partial charge is 0.397 e. The molecule has 8 nitrogen and oxygen atoms in total. The van der Waals surface area contributed by atoms with Crippen LogP contribution in [0, 0.1) is 6.92 Å². The first-order valence-corrected chi connectivity index (χ1v) is 15.3. The van der Waals surface area contributed by atoms with E-state index < -0.39 is 0 Å². The molecule has 42 heavy (non-hydrogen) atoms. The minimum atomic E-state index is -0.254.